The first-order valence-electron chi connectivity index (χ1n) is 6.12. The van der Waals surface area contributed by atoms with Gasteiger partial charge in [0.05, 0.1) is 13.2 Å². The van der Waals surface area contributed by atoms with Crippen molar-refractivity contribution in [2.75, 3.05) is 19.7 Å². The zero-order valence-corrected chi connectivity index (χ0v) is 13.5. The summed E-state index contributed by atoms with van der Waals surface area (Å²) in [4.78, 5) is 15.0. The highest BCUT2D eigenvalue weighted by Crippen LogP contribution is 2.24. The molecule has 0 unspecified atom stereocenters. The number of nitrogens with zero attached hydrogens (tertiary/aromatic N) is 1. The number of halogens is 1. The van der Waals surface area contributed by atoms with Gasteiger partial charge in [0.2, 0.25) is 0 Å². The lowest BCUT2D eigenvalue weighted by Gasteiger charge is -2.22. The second-order valence-electron chi connectivity index (χ2n) is 4.56. The molecule has 1 aromatic rings. The van der Waals surface area contributed by atoms with Crippen LogP contribution in [-0.4, -0.2) is 30.6 Å². The first-order chi connectivity index (χ1) is 8.52. The molecule has 0 aromatic carbocycles. The first kappa shape index (κ1) is 15.7. The lowest BCUT2D eigenvalue weighted by molar-refractivity contribution is -0.144. The van der Waals surface area contributed by atoms with Crippen LogP contribution in [0.15, 0.2) is 15.9 Å². The summed E-state index contributed by atoms with van der Waals surface area (Å²) in [7, 11) is 0. The average Bonchev–Trinajstić information content (AvgIpc) is 2.63. The Kier molecular flexibility index (Phi) is 6.89. The van der Waals surface area contributed by atoms with Gasteiger partial charge in [-0.25, -0.2) is 0 Å². The van der Waals surface area contributed by atoms with Crippen LogP contribution in [0.2, 0.25) is 0 Å². The topological polar surface area (TPSA) is 29.5 Å². The van der Waals surface area contributed by atoms with E-state index in [-0.39, 0.29) is 5.97 Å². The zero-order valence-electron chi connectivity index (χ0n) is 11.1. The standard InChI is InChI=1S/C13H20BrNO2S/c1-4-17-13(16)9-15(7-10(2)3)8-12-11(14)5-6-18-12/h5-6,10H,4,7-9H2,1-3H3. The van der Waals surface area contributed by atoms with Gasteiger partial charge in [-0.1, -0.05) is 13.8 Å². The quantitative estimate of drug-likeness (QED) is 0.715. The first-order valence-corrected chi connectivity index (χ1v) is 7.80. The number of rotatable bonds is 7. The van der Waals surface area contributed by atoms with Crippen LogP contribution < -0.4 is 0 Å². The van der Waals surface area contributed by atoms with Crippen LogP contribution >= 0.6 is 27.3 Å². The van der Waals surface area contributed by atoms with Gasteiger partial charge < -0.3 is 4.74 Å². The molecule has 0 amide bonds. The van der Waals surface area contributed by atoms with E-state index in [1.54, 1.807) is 11.3 Å². The van der Waals surface area contributed by atoms with Crippen molar-refractivity contribution in [1.29, 1.82) is 0 Å². The second-order valence-corrected chi connectivity index (χ2v) is 6.42. The fourth-order valence-corrected chi connectivity index (χ4v) is 3.25. The largest absolute Gasteiger partial charge is 0.465 e. The van der Waals surface area contributed by atoms with Crippen molar-refractivity contribution in [3.8, 4) is 0 Å². The molecule has 0 radical (unpaired) electrons. The minimum atomic E-state index is -0.147. The molecule has 0 saturated carbocycles. The van der Waals surface area contributed by atoms with Crippen molar-refractivity contribution in [3.63, 3.8) is 0 Å². The Morgan fingerprint density at radius 1 is 1.56 bits per heavy atom. The lowest BCUT2D eigenvalue weighted by atomic mass is 10.2. The molecule has 0 aliphatic heterocycles. The molecule has 0 spiro atoms. The number of thiophene rings is 1. The van der Waals surface area contributed by atoms with E-state index in [1.807, 2.05) is 13.0 Å². The predicted molar refractivity (Wildman–Crippen MR) is 78.8 cm³/mol. The molecule has 102 valence electrons. The van der Waals surface area contributed by atoms with Crippen molar-refractivity contribution in [2.24, 2.45) is 5.92 Å². The van der Waals surface area contributed by atoms with E-state index >= 15 is 0 Å². The van der Waals surface area contributed by atoms with Crippen molar-refractivity contribution < 1.29 is 9.53 Å². The maximum Gasteiger partial charge on any atom is 0.320 e. The van der Waals surface area contributed by atoms with E-state index in [0.717, 1.165) is 17.6 Å². The summed E-state index contributed by atoms with van der Waals surface area (Å²) < 4.78 is 6.13. The van der Waals surface area contributed by atoms with Gasteiger partial charge in [0.15, 0.2) is 0 Å². The molecular formula is C13H20BrNO2S. The highest BCUT2D eigenvalue weighted by molar-refractivity contribution is 9.10. The van der Waals surface area contributed by atoms with Gasteiger partial charge in [0.25, 0.3) is 0 Å². The maximum absolute atomic E-state index is 11.6. The number of hydrogen-bond donors (Lipinski definition) is 0. The summed E-state index contributed by atoms with van der Waals surface area (Å²) in [5, 5.41) is 2.05. The molecule has 1 heterocycles. The molecule has 5 heteroatoms. The predicted octanol–water partition coefficient (Wildman–Crippen LogP) is 3.53. The van der Waals surface area contributed by atoms with Gasteiger partial charge in [-0.15, -0.1) is 11.3 Å². The molecule has 1 rings (SSSR count). The number of ether oxygens (including phenoxy) is 1. The van der Waals surface area contributed by atoms with Crippen LogP contribution in [0.25, 0.3) is 0 Å². The van der Waals surface area contributed by atoms with Gasteiger partial charge in [0.1, 0.15) is 0 Å². The van der Waals surface area contributed by atoms with E-state index in [1.165, 1.54) is 4.88 Å². The molecule has 0 bridgehead atoms. The molecular weight excluding hydrogens is 314 g/mol. The average molecular weight is 334 g/mol. The molecule has 0 aliphatic rings. The number of carbonyl (C=O) groups excluding carboxylic acids is 1. The summed E-state index contributed by atoms with van der Waals surface area (Å²) in [6, 6.07) is 2.04. The van der Waals surface area contributed by atoms with Gasteiger partial charge >= 0.3 is 5.97 Å². The SMILES string of the molecule is CCOC(=O)CN(Cc1sccc1Br)CC(C)C. The van der Waals surface area contributed by atoms with E-state index in [0.29, 0.717) is 19.1 Å². The number of esters is 1. The minimum absolute atomic E-state index is 0.147. The van der Waals surface area contributed by atoms with Crippen LogP contribution in [0.1, 0.15) is 25.6 Å². The number of hydrogen-bond acceptors (Lipinski definition) is 4. The molecule has 0 N–H and O–H groups in total. The summed E-state index contributed by atoms with van der Waals surface area (Å²) >= 11 is 5.23. The fraction of sp³-hybridized carbons (Fsp3) is 0.615. The molecule has 0 saturated heterocycles. The van der Waals surface area contributed by atoms with Crippen molar-refractivity contribution in [2.45, 2.75) is 27.3 Å². The monoisotopic (exact) mass is 333 g/mol. The lowest BCUT2D eigenvalue weighted by Crippen LogP contribution is -2.33. The number of carbonyl (C=O) groups is 1. The van der Waals surface area contributed by atoms with E-state index < -0.39 is 0 Å². The van der Waals surface area contributed by atoms with Crippen LogP contribution in [0.5, 0.6) is 0 Å². The fourth-order valence-electron chi connectivity index (χ4n) is 1.73. The Morgan fingerprint density at radius 3 is 2.78 bits per heavy atom. The Balaban J connectivity index is 2.60. The summed E-state index contributed by atoms with van der Waals surface area (Å²) in [6.07, 6.45) is 0. The minimum Gasteiger partial charge on any atom is -0.465 e. The van der Waals surface area contributed by atoms with E-state index in [2.05, 4.69) is 40.1 Å². The smallest absolute Gasteiger partial charge is 0.320 e. The molecule has 18 heavy (non-hydrogen) atoms. The van der Waals surface area contributed by atoms with Crippen molar-refractivity contribution >= 4 is 33.2 Å². The Bertz CT molecular complexity index is 379. The van der Waals surface area contributed by atoms with Crippen molar-refractivity contribution in [3.05, 3.63) is 20.8 Å². The molecule has 3 nitrogen and oxygen atoms in total. The highest BCUT2D eigenvalue weighted by Gasteiger charge is 2.15. The molecule has 0 aliphatic carbocycles. The summed E-state index contributed by atoms with van der Waals surface area (Å²) in [5.41, 5.74) is 0. The second kappa shape index (κ2) is 7.92. The summed E-state index contributed by atoms with van der Waals surface area (Å²) in [5.74, 6) is 0.379. The maximum atomic E-state index is 11.6. The highest BCUT2D eigenvalue weighted by atomic mass is 79.9. The van der Waals surface area contributed by atoms with Crippen LogP contribution in [0.3, 0.4) is 0 Å². The van der Waals surface area contributed by atoms with E-state index in [9.17, 15) is 4.79 Å². The molecule has 0 fully saturated rings. The van der Waals surface area contributed by atoms with Gasteiger partial charge in [-0.05, 0) is 40.2 Å². The molecule has 0 atom stereocenters. The zero-order chi connectivity index (χ0) is 13.5. The van der Waals surface area contributed by atoms with E-state index in [4.69, 9.17) is 4.74 Å². The third kappa shape index (κ3) is 5.50. The van der Waals surface area contributed by atoms with Crippen molar-refractivity contribution in [1.82, 2.24) is 4.90 Å². The summed E-state index contributed by atoms with van der Waals surface area (Å²) in [6.45, 7) is 8.62. The molecule has 1 aromatic heterocycles. The Morgan fingerprint density at radius 2 is 2.28 bits per heavy atom. The van der Waals surface area contributed by atoms with Gasteiger partial charge in [-0.3, -0.25) is 9.69 Å². The van der Waals surface area contributed by atoms with Crippen LogP contribution in [-0.2, 0) is 16.1 Å². The van der Waals surface area contributed by atoms with Gasteiger partial charge in [-0.2, -0.15) is 0 Å². The Hall–Kier alpha value is -0.390. The Labute approximate surface area is 121 Å². The van der Waals surface area contributed by atoms with Gasteiger partial charge in [0, 0.05) is 22.4 Å². The third-order valence-corrected chi connectivity index (χ3v) is 4.25. The third-order valence-electron chi connectivity index (χ3n) is 2.34. The van der Waals surface area contributed by atoms with Crippen LogP contribution in [0.4, 0.5) is 0 Å². The van der Waals surface area contributed by atoms with Crippen LogP contribution in [0, 0.1) is 5.92 Å². The normalized spacial score (nSPS) is 11.2.